The molecule has 1 fully saturated rings. The number of carbonyl (C=O) groups is 1. The Morgan fingerprint density at radius 1 is 1.35 bits per heavy atom. The molecule has 0 bridgehead atoms. The lowest BCUT2D eigenvalue weighted by molar-refractivity contribution is -0.120. The number of aromatic nitrogens is 1. The molecule has 2 aromatic rings. The molecule has 0 radical (unpaired) electrons. The Morgan fingerprint density at radius 3 is 2.77 bits per heavy atom. The van der Waals surface area contributed by atoms with E-state index in [2.05, 4.69) is 29.0 Å². The van der Waals surface area contributed by atoms with E-state index in [9.17, 15) is 9.18 Å². The standard InChI is InChI=1S/C20H28FN3O2/c1-13(2)19(24-6-8-26-9-7-24)12-22-20(25)11-16-14(3)23-18-5-4-15(21)10-17(16)18/h4-5,10,13,19,23H,6-9,11-12H2,1-3H3,(H,22,25). The summed E-state index contributed by atoms with van der Waals surface area (Å²) in [5.41, 5.74) is 2.64. The van der Waals surface area contributed by atoms with Gasteiger partial charge in [-0.3, -0.25) is 9.69 Å². The molecule has 1 amide bonds. The molecule has 0 saturated carbocycles. The fourth-order valence-electron chi connectivity index (χ4n) is 3.72. The van der Waals surface area contributed by atoms with E-state index in [1.807, 2.05) is 6.92 Å². The van der Waals surface area contributed by atoms with Crippen molar-refractivity contribution >= 4 is 16.8 Å². The van der Waals surface area contributed by atoms with Crippen molar-refractivity contribution in [1.29, 1.82) is 0 Å². The second kappa shape index (κ2) is 8.18. The number of aromatic amines is 1. The van der Waals surface area contributed by atoms with Crippen LogP contribution in [-0.2, 0) is 16.0 Å². The van der Waals surface area contributed by atoms with E-state index in [-0.39, 0.29) is 18.1 Å². The summed E-state index contributed by atoms with van der Waals surface area (Å²) in [7, 11) is 0. The molecule has 1 aliphatic rings. The van der Waals surface area contributed by atoms with E-state index in [0.29, 0.717) is 18.5 Å². The van der Waals surface area contributed by atoms with Crippen molar-refractivity contribution in [2.24, 2.45) is 5.92 Å². The number of hydrogen-bond acceptors (Lipinski definition) is 3. The van der Waals surface area contributed by atoms with Gasteiger partial charge in [-0.2, -0.15) is 0 Å². The molecular weight excluding hydrogens is 333 g/mol. The zero-order valence-electron chi connectivity index (χ0n) is 15.8. The molecule has 1 aromatic carbocycles. The molecule has 6 heteroatoms. The van der Waals surface area contributed by atoms with Crippen LogP contribution in [0.4, 0.5) is 4.39 Å². The summed E-state index contributed by atoms with van der Waals surface area (Å²) in [6.07, 6.45) is 0.253. The van der Waals surface area contributed by atoms with E-state index in [1.54, 1.807) is 6.07 Å². The maximum atomic E-state index is 13.6. The molecule has 1 aliphatic heterocycles. The first-order chi connectivity index (χ1) is 12.5. The highest BCUT2D eigenvalue weighted by Gasteiger charge is 2.24. The van der Waals surface area contributed by atoms with Crippen molar-refractivity contribution in [2.45, 2.75) is 33.2 Å². The second-order valence-electron chi connectivity index (χ2n) is 7.36. The van der Waals surface area contributed by atoms with Gasteiger partial charge in [-0.1, -0.05) is 13.8 Å². The molecule has 1 saturated heterocycles. The van der Waals surface area contributed by atoms with Crippen LogP contribution < -0.4 is 5.32 Å². The summed E-state index contributed by atoms with van der Waals surface area (Å²) in [6, 6.07) is 4.93. The molecule has 1 atom stereocenters. The molecule has 5 nitrogen and oxygen atoms in total. The molecule has 26 heavy (non-hydrogen) atoms. The maximum Gasteiger partial charge on any atom is 0.224 e. The monoisotopic (exact) mass is 361 g/mol. The lowest BCUT2D eigenvalue weighted by Crippen LogP contribution is -2.51. The first-order valence-electron chi connectivity index (χ1n) is 9.31. The quantitative estimate of drug-likeness (QED) is 0.832. The van der Waals surface area contributed by atoms with Gasteiger partial charge in [0.25, 0.3) is 0 Å². The Morgan fingerprint density at radius 2 is 2.08 bits per heavy atom. The van der Waals surface area contributed by atoms with Crippen molar-refractivity contribution < 1.29 is 13.9 Å². The summed E-state index contributed by atoms with van der Waals surface area (Å²) in [5, 5.41) is 3.86. The fourth-order valence-corrected chi connectivity index (χ4v) is 3.72. The Bertz CT molecular complexity index is 766. The minimum atomic E-state index is -0.287. The third kappa shape index (κ3) is 4.24. The lowest BCUT2D eigenvalue weighted by atomic mass is 10.0. The van der Waals surface area contributed by atoms with E-state index in [4.69, 9.17) is 4.74 Å². The highest BCUT2D eigenvalue weighted by molar-refractivity contribution is 5.90. The SMILES string of the molecule is Cc1[nH]c2ccc(F)cc2c1CC(=O)NCC(C(C)C)N1CCOCC1. The number of fused-ring (bicyclic) bond motifs is 1. The zero-order chi connectivity index (χ0) is 18.7. The summed E-state index contributed by atoms with van der Waals surface area (Å²) >= 11 is 0. The number of carbonyl (C=O) groups excluding carboxylic acids is 1. The number of nitrogens with zero attached hydrogens (tertiary/aromatic N) is 1. The average molecular weight is 361 g/mol. The van der Waals surface area contributed by atoms with Crippen LogP contribution in [0.2, 0.25) is 0 Å². The minimum absolute atomic E-state index is 0.0304. The molecule has 0 aliphatic carbocycles. The maximum absolute atomic E-state index is 13.6. The topological polar surface area (TPSA) is 57.4 Å². The van der Waals surface area contributed by atoms with Gasteiger partial charge in [0.2, 0.25) is 5.91 Å². The van der Waals surface area contributed by atoms with Crippen molar-refractivity contribution in [2.75, 3.05) is 32.8 Å². The van der Waals surface area contributed by atoms with Crippen molar-refractivity contribution in [1.82, 2.24) is 15.2 Å². The van der Waals surface area contributed by atoms with Crippen LogP contribution in [0.3, 0.4) is 0 Å². The van der Waals surface area contributed by atoms with Gasteiger partial charge in [-0.05, 0) is 36.6 Å². The van der Waals surface area contributed by atoms with E-state index < -0.39 is 0 Å². The Balaban J connectivity index is 1.65. The highest BCUT2D eigenvalue weighted by atomic mass is 19.1. The lowest BCUT2D eigenvalue weighted by Gasteiger charge is -2.36. The number of amides is 1. The number of rotatable bonds is 6. The normalized spacial score (nSPS) is 17.0. The zero-order valence-corrected chi connectivity index (χ0v) is 15.8. The van der Waals surface area contributed by atoms with Crippen LogP contribution in [0.25, 0.3) is 10.9 Å². The number of ether oxygens (including phenoxy) is 1. The molecule has 2 N–H and O–H groups in total. The van der Waals surface area contributed by atoms with Crippen LogP contribution >= 0.6 is 0 Å². The third-order valence-electron chi connectivity index (χ3n) is 5.21. The highest BCUT2D eigenvalue weighted by Crippen LogP contribution is 2.23. The molecule has 1 aromatic heterocycles. The van der Waals surface area contributed by atoms with Gasteiger partial charge in [-0.15, -0.1) is 0 Å². The number of benzene rings is 1. The molecular formula is C20H28FN3O2. The summed E-state index contributed by atoms with van der Waals surface area (Å²) in [4.78, 5) is 18.2. The molecule has 0 spiro atoms. The predicted octanol–water partition coefficient (Wildman–Crippen LogP) is 2.63. The van der Waals surface area contributed by atoms with Gasteiger partial charge in [0.15, 0.2) is 0 Å². The molecule has 2 heterocycles. The fraction of sp³-hybridized carbons (Fsp3) is 0.550. The van der Waals surface area contributed by atoms with Crippen LogP contribution in [0.1, 0.15) is 25.1 Å². The number of hydrogen-bond donors (Lipinski definition) is 2. The van der Waals surface area contributed by atoms with E-state index in [1.165, 1.54) is 12.1 Å². The van der Waals surface area contributed by atoms with Crippen molar-refractivity contribution in [3.05, 3.63) is 35.3 Å². The summed E-state index contributed by atoms with van der Waals surface area (Å²) in [5.74, 6) is 0.125. The van der Waals surface area contributed by atoms with Gasteiger partial charge in [0.05, 0.1) is 19.6 Å². The smallest absolute Gasteiger partial charge is 0.224 e. The van der Waals surface area contributed by atoms with E-state index in [0.717, 1.165) is 48.5 Å². The molecule has 142 valence electrons. The first kappa shape index (κ1) is 18.9. The summed E-state index contributed by atoms with van der Waals surface area (Å²) < 4.78 is 19.0. The average Bonchev–Trinajstić information content (AvgIpc) is 2.91. The first-order valence-corrected chi connectivity index (χ1v) is 9.31. The Labute approximate surface area is 153 Å². The minimum Gasteiger partial charge on any atom is -0.379 e. The van der Waals surface area contributed by atoms with Gasteiger partial charge >= 0.3 is 0 Å². The number of H-pyrrole nitrogens is 1. The molecule has 1 unspecified atom stereocenters. The van der Waals surface area contributed by atoms with Crippen molar-refractivity contribution in [3.63, 3.8) is 0 Å². The third-order valence-corrected chi connectivity index (χ3v) is 5.21. The number of halogens is 1. The van der Waals surface area contributed by atoms with Gasteiger partial charge < -0.3 is 15.0 Å². The number of nitrogens with one attached hydrogen (secondary N) is 2. The van der Waals surface area contributed by atoms with Crippen molar-refractivity contribution in [3.8, 4) is 0 Å². The van der Waals surface area contributed by atoms with Crippen LogP contribution in [0.15, 0.2) is 18.2 Å². The van der Waals surface area contributed by atoms with Crippen LogP contribution in [-0.4, -0.2) is 54.7 Å². The number of morpholine rings is 1. The van der Waals surface area contributed by atoms with Gasteiger partial charge in [0, 0.05) is 42.3 Å². The second-order valence-corrected chi connectivity index (χ2v) is 7.36. The van der Waals surface area contributed by atoms with E-state index >= 15 is 0 Å². The Hall–Kier alpha value is -1.92. The molecule has 3 rings (SSSR count). The predicted molar refractivity (Wildman–Crippen MR) is 101 cm³/mol. The van der Waals surface area contributed by atoms with Crippen LogP contribution in [0.5, 0.6) is 0 Å². The number of aryl methyl sites for hydroxylation is 1. The van der Waals surface area contributed by atoms with Gasteiger partial charge in [-0.25, -0.2) is 4.39 Å². The Kier molecular flexibility index (Phi) is 5.94. The van der Waals surface area contributed by atoms with Gasteiger partial charge in [0.1, 0.15) is 5.82 Å². The summed E-state index contributed by atoms with van der Waals surface area (Å²) in [6.45, 7) is 10.2. The van der Waals surface area contributed by atoms with Crippen LogP contribution in [0, 0.1) is 18.7 Å². The largest absolute Gasteiger partial charge is 0.379 e.